The number of halogens is 1. The highest BCUT2D eigenvalue weighted by atomic mass is 19.1. The lowest BCUT2D eigenvalue weighted by Gasteiger charge is -2.19. The molecule has 74 valence electrons. The third-order valence-electron chi connectivity index (χ3n) is 3.05. The van der Waals surface area contributed by atoms with E-state index in [-0.39, 0.29) is 5.82 Å². The van der Waals surface area contributed by atoms with E-state index in [0.717, 1.165) is 29.5 Å². The van der Waals surface area contributed by atoms with E-state index < -0.39 is 0 Å². The Morgan fingerprint density at radius 1 is 0.800 bits per heavy atom. The van der Waals surface area contributed by atoms with Gasteiger partial charge in [0.15, 0.2) is 0 Å². The lowest BCUT2D eigenvalue weighted by atomic mass is 9.85. The first-order valence-corrected chi connectivity index (χ1v) is 5.22. The SMILES string of the molecule is Fc1cccc2c1-c1ccccc1CC2. The zero-order valence-electron chi connectivity index (χ0n) is 8.33. The molecule has 0 saturated carbocycles. The lowest BCUT2D eigenvalue weighted by Crippen LogP contribution is -2.05. The molecule has 0 heterocycles. The molecule has 0 saturated heterocycles. The van der Waals surface area contributed by atoms with E-state index >= 15 is 0 Å². The Bertz CT molecular complexity index is 514. The van der Waals surface area contributed by atoms with E-state index in [0.29, 0.717) is 0 Å². The average molecular weight is 198 g/mol. The van der Waals surface area contributed by atoms with Gasteiger partial charge in [0.2, 0.25) is 0 Å². The van der Waals surface area contributed by atoms with E-state index in [1.807, 2.05) is 24.3 Å². The highest BCUT2D eigenvalue weighted by Crippen LogP contribution is 2.34. The van der Waals surface area contributed by atoms with Crippen LogP contribution in [0.1, 0.15) is 11.1 Å². The van der Waals surface area contributed by atoms with Crippen LogP contribution in [0.2, 0.25) is 0 Å². The van der Waals surface area contributed by atoms with Crippen molar-refractivity contribution in [2.75, 3.05) is 0 Å². The fourth-order valence-corrected chi connectivity index (χ4v) is 2.33. The standard InChI is InChI=1S/C14H11F/c15-13-7-3-5-11-9-8-10-4-1-2-6-12(10)14(11)13/h1-7H,8-9H2. The van der Waals surface area contributed by atoms with Gasteiger partial charge in [-0.1, -0.05) is 36.4 Å². The quantitative estimate of drug-likeness (QED) is 0.606. The van der Waals surface area contributed by atoms with Crippen molar-refractivity contribution in [1.29, 1.82) is 0 Å². The Hall–Kier alpha value is -1.63. The summed E-state index contributed by atoms with van der Waals surface area (Å²) in [6, 6.07) is 13.4. The molecule has 0 radical (unpaired) electrons. The van der Waals surface area contributed by atoms with Crippen LogP contribution in [0, 0.1) is 5.82 Å². The van der Waals surface area contributed by atoms with E-state index in [9.17, 15) is 4.39 Å². The second-order valence-electron chi connectivity index (χ2n) is 3.93. The van der Waals surface area contributed by atoms with Gasteiger partial charge >= 0.3 is 0 Å². The van der Waals surface area contributed by atoms with Crippen LogP contribution in [0.5, 0.6) is 0 Å². The van der Waals surface area contributed by atoms with Gasteiger partial charge in [0.25, 0.3) is 0 Å². The van der Waals surface area contributed by atoms with Crippen molar-refractivity contribution in [3.8, 4) is 11.1 Å². The summed E-state index contributed by atoms with van der Waals surface area (Å²) in [6.45, 7) is 0. The second kappa shape index (κ2) is 3.20. The largest absolute Gasteiger partial charge is 0.206 e. The van der Waals surface area contributed by atoms with E-state index in [1.54, 1.807) is 12.1 Å². The summed E-state index contributed by atoms with van der Waals surface area (Å²) < 4.78 is 13.8. The van der Waals surface area contributed by atoms with Gasteiger partial charge in [-0.15, -0.1) is 0 Å². The molecule has 0 nitrogen and oxygen atoms in total. The predicted molar refractivity (Wildman–Crippen MR) is 59.2 cm³/mol. The van der Waals surface area contributed by atoms with Crippen molar-refractivity contribution in [2.24, 2.45) is 0 Å². The van der Waals surface area contributed by atoms with Crippen molar-refractivity contribution in [1.82, 2.24) is 0 Å². The predicted octanol–water partition coefficient (Wildman–Crippen LogP) is 3.59. The van der Waals surface area contributed by atoms with Crippen LogP contribution in [0.3, 0.4) is 0 Å². The number of fused-ring (bicyclic) bond motifs is 3. The first-order chi connectivity index (χ1) is 7.36. The smallest absolute Gasteiger partial charge is 0.131 e. The van der Waals surface area contributed by atoms with E-state index in [4.69, 9.17) is 0 Å². The third-order valence-corrected chi connectivity index (χ3v) is 3.05. The molecule has 0 fully saturated rings. The molecule has 15 heavy (non-hydrogen) atoms. The van der Waals surface area contributed by atoms with Crippen LogP contribution in [0.15, 0.2) is 42.5 Å². The summed E-state index contributed by atoms with van der Waals surface area (Å²) in [6.07, 6.45) is 1.97. The molecule has 2 aromatic rings. The van der Waals surface area contributed by atoms with Crippen molar-refractivity contribution < 1.29 is 4.39 Å². The van der Waals surface area contributed by atoms with Crippen LogP contribution in [0.4, 0.5) is 4.39 Å². The normalized spacial score (nSPS) is 13.1. The Morgan fingerprint density at radius 3 is 2.47 bits per heavy atom. The molecule has 0 spiro atoms. The van der Waals surface area contributed by atoms with Crippen LogP contribution in [0.25, 0.3) is 11.1 Å². The molecular formula is C14H11F. The summed E-state index contributed by atoms with van der Waals surface area (Å²) in [5.41, 5.74) is 4.26. The van der Waals surface area contributed by atoms with Gasteiger partial charge in [-0.05, 0) is 35.6 Å². The number of hydrogen-bond acceptors (Lipinski definition) is 0. The van der Waals surface area contributed by atoms with Gasteiger partial charge in [-0.25, -0.2) is 4.39 Å². The fraction of sp³-hybridized carbons (Fsp3) is 0.143. The number of benzene rings is 2. The lowest BCUT2D eigenvalue weighted by molar-refractivity contribution is 0.627. The van der Waals surface area contributed by atoms with Gasteiger partial charge < -0.3 is 0 Å². The van der Waals surface area contributed by atoms with Gasteiger partial charge in [0, 0.05) is 5.56 Å². The molecule has 0 aromatic heterocycles. The topological polar surface area (TPSA) is 0 Å². The molecule has 0 bridgehead atoms. The zero-order valence-corrected chi connectivity index (χ0v) is 8.33. The number of rotatable bonds is 0. The fourth-order valence-electron chi connectivity index (χ4n) is 2.33. The summed E-state index contributed by atoms with van der Waals surface area (Å²) in [5, 5.41) is 0. The zero-order chi connectivity index (χ0) is 10.3. The minimum Gasteiger partial charge on any atom is -0.206 e. The van der Waals surface area contributed by atoms with Gasteiger partial charge in [-0.3, -0.25) is 0 Å². The molecular weight excluding hydrogens is 187 g/mol. The number of hydrogen-bond donors (Lipinski definition) is 0. The first-order valence-electron chi connectivity index (χ1n) is 5.22. The molecule has 1 aliphatic carbocycles. The van der Waals surface area contributed by atoms with E-state index in [2.05, 4.69) is 6.07 Å². The Labute approximate surface area is 88.4 Å². The maximum atomic E-state index is 13.8. The monoisotopic (exact) mass is 198 g/mol. The third kappa shape index (κ3) is 1.27. The summed E-state index contributed by atoms with van der Waals surface area (Å²) in [7, 11) is 0. The minimum atomic E-state index is -0.0975. The highest BCUT2D eigenvalue weighted by Gasteiger charge is 2.18. The molecule has 2 aromatic carbocycles. The molecule has 3 rings (SSSR count). The Balaban J connectivity index is 2.33. The molecule has 1 heteroatoms. The highest BCUT2D eigenvalue weighted by molar-refractivity contribution is 5.73. The summed E-state index contributed by atoms with van der Waals surface area (Å²) in [4.78, 5) is 0. The van der Waals surface area contributed by atoms with Crippen molar-refractivity contribution in [3.05, 3.63) is 59.4 Å². The molecule has 0 aliphatic heterocycles. The van der Waals surface area contributed by atoms with Crippen LogP contribution < -0.4 is 0 Å². The number of aryl methyl sites for hydroxylation is 2. The van der Waals surface area contributed by atoms with Crippen molar-refractivity contribution in [2.45, 2.75) is 12.8 Å². The van der Waals surface area contributed by atoms with Gasteiger partial charge in [0.1, 0.15) is 5.82 Å². The van der Waals surface area contributed by atoms with Crippen molar-refractivity contribution >= 4 is 0 Å². The Kier molecular flexibility index (Phi) is 1.84. The van der Waals surface area contributed by atoms with Gasteiger partial charge in [0.05, 0.1) is 0 Å². The average Bonchev–Trinajstić information content (AvgIpc) is 2.29. The summed E-state index contributed by atoms with van der Waals surface area (Å²) in [5.74, 6) is -0.0975. The van der Waals surface area contributed by atoms with Crippen LogP contribution in [-0.4, -0.2) is 0 Å². The van der Waals surface area contributed by atoms with Crippen molar-refractivity contribution in [3.63, 3.8) is 0 Å². The second-order valence-corrected chi connectivity index (χ2v) is 3.93. The minimum absolute atomic E-state index is 0.0975. The van der Waals surface area contributed by atoms with E-state index in [1.165, 1.54) is 5.56 Å². The van der Waals surface area contributed by atoms with Crippen LogP contribution >= 0.6 is 0 Å². The van der Waals surface area contributed by atoms with Gasteiger partial charge in [-0.2, -0.15) is 0 Å². The molecule has 0 amide bonds. The maximum Gasteiger partial charge on any atom is 0.131 e. The summed E-state index contributed by atoms with van der Waals surface area (Å²) >= 11 is 0. The molecule has 1 aliphatic rings. The molecule has 0 atom stereocenters. The van der Waals surface area contributed by atoms with Crippen LogP contribution in [-0.2, 0) is 12.8 Å². The Morgan fingerprint density at radius 2 is 1.53 bits per heavy atom. The molecule has 0 unspecified atom stereocenters. The molecule has 0 N–H and O–H groups in total. The maximum absolute atomic E-state index is 13.8. The first kappa shape index (κ1) is 8.66.